The molecule has 3 heterocycles. The van der Waals surface area contributed by atoms with Crippen LogP contribution in [0.1, 0.15) is 28.5 Å². The number of carbonyl (C=O) groups excluding carboxylic acids is 1. The SMILES string of the molecule is Cc1noc(CCCNC(=O)c2cc(-c3ccc(Cl)s3)nc3ccccc23)n1. The van der Waals surface area contributed by atoms with Crippen LogP contribution in [0.2, 0.25) is 4.34 Å². The molecule has 142 valence electrons. The minimum Gasteiger partial charge on any atom is -0.352 e. The number of para-hydroxylation sites is 1. The maximum atomic E-state index is 12.8. The topological polar surface area (TPSA) is 80.9 Å². The van der Waals surface area contributed by atoms with Gasteiger partial charge in [0.05, 0.1) is 26.0 Å². The summed E-state index contributed by atoms with van der Waals surface area (Å²) in [6.07, 6.45) is 1.33. The Morgan fingerprint density at radius 2 is 2.07 bits per heavy atom. The van der Waals surface area contributed by atoms with Crippen molar-refractivity contribution in [2.75, 3.05) is 6.54 Å². The van der Waals surface area contributed by atoms with E-state index < -0.39 is 0 Å². The highest BCUT2D eigenvalue weighted by Gasteiger charge is 2.14. The van der Waals surface area contributed by atoms with Crippen LogP contribution in [0.25, 0.3) is 21.5 Å². The van der Waals surface area contributed by atoms with Gasteiger partial charge in [-0.1, -0.05) is 35.0 Å². The molecule has 8 heteroatoms. The van der Waals surface area contributed by atoms with Crippen molar-refractivity contribution in [2.24, 2.45) is 0 Å². The number of nitrogens with one attached hydrogen (secondary N) is 1. The average Bonchev–Trinajstić information content (AvgIpc) is 3.32. The molecule has 0 aliphatic carbocycles. The van der Waals surface area contributed by atoms with Crippen molar-refractivity contribution in [1.82, 2.24) is 20.4 Å². The zero-order valence-electron chi connectivity index (χ0n) is 15.1. The van der Waals surface area contributed by atoms with E-state index in [9.17, 15) is 4.79 Å². The maximum Gasteiger partial charge on any atom is 0.252 e. The van der Waals surface area contributed by atoms with E-state index >= 15 is 0 Å². The van der Waals surface area contributed by atoms with Crippen LogP contribution in [0.3, 0.4) is 0 Å². The summed E-state index contributed by atoms with van der Waals surface area (Å²) < 4.78 is 5.78. The second kappa shape index (κ2) is 8.08. The van der Waals surface area contributed by atoms with Gasteiger partial charge in [-0.2, -0.15) is 4.98 Å². The van der Waals surface area contributed by atoms with Gasteiger partial charge in [0.2, 0.25) is 5.89 Å². The molecule has 0 fully saturated rings. The van der Waals surface area contributed by atoms with Gasteiger partial charge in [-0.25, -0.2) is 4.98 Å². The molecule has 0 unspecified atom stereocenters. The number of aryl methyl sites for hydroxylation is 2. The fourth-order valence-electron chi connectivity index (χ4n) is 2.92. The normalized spacial score (nSPS) is 11.1. The Bertz CT molecular complexity index is 1140. The van der Waals surface area contributed by atoms with Crippen LogP contribution in [-0.4, -0.2) is 27.6 Å². The molecule has 0 radical (unpaired) electrons. The quantitative estimate of drug-likeness (QED) is 0.465. The smallest absolute Gasteiger partial charge is 0.252 e. The molecule has 0 aliphatic rings. The van der Waals surface area contributed by atoms with Crippen LogP contribution in [0, 0.1) is 6.92 Å². The molecule has 0 atom stereocenters. The van der Waals surface area contributed by atoms with Crippen molar-refractivity contribution < 1.29 is 9.32 Å². The van der Waals surface area contributed by atoms with E-state index in [2.05, 4.69) is 20.4 Å². The van der Waals surface area contributed by atoms with E-state index in [1.165, 1.54) is 11.3 Å². The molecule has 0 aliphatic heterocycles. The van der Waals surface area contributed by atoms with E-state index in [4.69, 9.17) is 16.1 Å². The number of aromatic nitrogens is 3. The molecule has 0 saturated carbocycles. The number of benzene rings is 1. The third-order valence-electron chi connectivity index (χ3n) is 4.21. The molecule has 0 bridgehead atoms. The first-order valence-electron chi connectivity index (χ1n) is 8.83. The molecule has 4 rings (SSSR count). The molecule has 1 aromatic carbocycles. The van der Waals surface area contributed by atoms with Crippen molar-refractivity contribution in [3.05, 3.63) is 64.1 Å². The van der Waals surface area contributed by atoms with E-state index in [1.807, 2.05) is 42.5 Å². The van der Waals surface area contributed by atoms with Gasteiger partial charge in [-0.15, -0.1) is 11.3 Å². The summed E-state index contributed by atoms with van der Waals surface area (Å²) in [6, 6.07) is 13.2. The van der Waals surface area contributed by atoms with E-state index in [0.717, 1.165) is 21.5 Å². The molecule has 0 saturated heterocycles. The third-order valence-corrected chi connectivity index (χ3v) is 5.46. The summed E-state index contributed by atoms with van der Waals surface area (Å²) in [5.74, 6) is 1.06. The summed E-state index contributed by atoms with van der Waals surface area (Å²) in [6.45, 7) is 2.29. The van der Waals surface area contributed by atoms with Crippen molar-refractivity contribution in [1.29, 1.82) is 0 Å². The Labute approximate surface area is 170 Å². The summed E-state index contributed by atoms with van der Waals surface area (Å²) in [5.41, 5.74) is 2.11. The first-order valence-corrected chi connectivity index (χ1v) is 10.0. The first-order chi connectivity index (χ1) is 13.6. The zero-order valence-corrected chi connectivity index (χ0v) is 16.7. The highest BCUT2D eigenvalue weighted by atomic mass is 35.5. The monoisotopic (exact) mass is 412 g/mol. The molecule has 1 amide bonds. The highest BCUT2D eigenvalue weighted by Crippen LogP contribution is 2.32. The second-order valence-corrected chi connectivity index (χ2v) is 7.99. The fraction of sp³-hybridized carbons (Fsp3) is 0.200. The number of amides is 1. The molecule has 28 heavy (non-hydrogen) atoms. The van der Waals surface area contributed by atoms with Gasteiger partial charge >= 0.3 is 0 Å². The predicted octanol–water partition coefficient (Wildman–Crippen LogP) is 4.67. The maximum absolute atomic E-state index is 12.8. The number of hydrogen-bond acceptors (Lipinski definition) is 6. The minimum atomic E-state index is -0.135. The fourth-order valence-corrected chi connectivity index (χ4v) is 3.92. The van der Waals surface area contributed by atoms with Crippen LogP contribution in [0.5, 0.6) is 0 Å². The predicted molar refractivity (Wildman–Crippen MR) is 110 cm³/mol. The summed E-state index contributed by atoms with van der Waals surface area (Å²) >= 11 is 7.50. The summed E-state index contributed by atoms with van der Waals surface area (Å²) in [7, 11) is 0. The lowest BCUT2D eigenvalue weighted by atomic mass is 10.1. The number of hydrogen-bond donors (Lipinski definition) is 1. The number of thiophene rings is 1. The van der Waals surface area contributed by atoms with Crippen molar-refractivity contribution >= 4 is 39.7 Å². The molecular formula is C20H17ClN4O2S. The molecule has 6 nitrogen and oxygen atoms in total. The average molecular weight is 413 g/mol. The standard InChI is InChI=1S/C20H17ClN4O2S/c1-12-23-19(27-25-12)7-4-10-22-20(26)14-11-16(17-8-9-18(21)28-17)24-15-6-3-2-5-13(14)15/h2-3,5-6,8-9,11H,4,7,10H2,1H3,(H,22,26). The zero-order chi connectivity index (χ0) is 19.5. The van der Waals surface area contributed by atoms with E-state index in [1.54, 1.807) is 6.92 Å². The highest BCUT2D eigenvalue weighted by molar-refractivity contribution is 7.19. The van der Waals surface area contributed by atoms with Crippen LogP contribution in [-0.2, 0) is 6.42 Å². The van der Waals surface area contributed by atoms with Crippen LogP contribution < -0.4 is 5.32 Å². The van der Waals surface area contributed by atoms with Crippen LogP contribution in [0.4, 0.5) is 0 Å². The van der Waals surface area contributed by atoms with Gasteiger partial charge in [-0.3, -0.25) is 4.79 Å². The first kappa shape index (κ1) is 18.6. The third kappa shape index (κ3) is 4.05. The Morgan fingerprint density at radius 3 is 2.82 bits per heavy atom. The van der Waals surface area contributed by atoms with Gasteiger partial charge in [0.1, 0.15) is 0 Å². The lowest BCUT2D eigenvalue weighted by Crippen LogP contribution is -2.25. The van der Waals surface area contributed by atoms with E-state index in [0.29, 0.717) is 41.0 Å². The van der Waals surface area contributed by atoms with Gasteiger partial charge in [0, 0.05) is 18.4 Å². The number of rotatable bonds is 6. The molecule has 0 spiro atoms. The number of fused-ring (bicyclic) bond motifs is 1. The number of halogens is 1. The second-order valence-electron chi connectivity index (χ2n) is 6.27. The Kier molecular flexibility index (Phi) is 5.36. The number of carbonyl (C=O) groups is 1. The van der Waals surface area contributed by atoms with Gasteiger partial charge in [0.15, 0.2) is 5.82 Å². The number of nitrogens with zero attached hydrogens (tertiary/aromatic N) is 3. The lowest BCUT2D eigenvalue weighted by Gasteiger charge is -2.09. The van der Waals surface area contributed by atoms with Crippen molar-refractivity contribution in [3.8, 4) is 10.6 Å². The van der Waals surface area contributed by atoms with Gasteiger partial charge in [0.25, 0.3) is 5.91 Å². The Morgan fingerprint density at radius 1 is 1.21 bits per heavy atom. The van der Waals surface area contributed by atoms with Crippen molar-refractivity contribution in [3.63, 3.8) is 0 Å². The lowest BCUT2D eigenvalue weighted by molar-refractivity contribution is 0.0954. The summed E-state index contributed by atoms with van der Waals surface area (Å²) in [4.78, 5) is 22.6. The minimum absolute atomic E-state index is 0.135. The molecule has 3 aromatic heterocycles. The van der Waals surface area contributed by atoms with E-state index in [-0.39, 0.29) is 5.91 Å². The van der Waals surface area contributed by atoms with Crippen molar-refractivity contribution in [2.45, 2.75) is 19.8 Å². The van der Waals surface area contributed by atoms with Crippen LogP contribution >= 0.6 is 22.9 Å². The molecule has 1 N–H and O–H groups in total. The van der Waals surface area contributed by atoms with Crippen LogP contribution in [0.15, 0.2) is 47.0 Å². The Balaban J connectivity index is 1.53. The number of pyridine rings is 1. The molecular weight excluding hydrogens is 396 g/mol. The Hall–Kier alpha value is -2.77. The van der Waals surface area contributed by atoms with Gasteiger partial charge in [-0.05, 0) is 37.6 Å². The largest absolute Gasteiger partial charge is 0.352 e. The summed E-state index contributed by atoms with van der Waals surface area (Å²) in [5, 5.41) is 7.55. The van der Waals surface area contributed by atoms with Gasteiger partial charge < -0.3 is 9.84 Å². The molecule has 4 aromatic rings.